The summed E-state index contributed by atoms with van der Waals surface area (Å²) in [7, 11) is 0. The minimum Gasteiger partial charge on any atom is -0.480 e. The molecule has 162 valence electrons. The molecule has 0 aliphatic carbocycles. The number of hydrogen-bond donors (Lipinski definition) is 2. The highest BCUT2D eigenvalue weighted by atomic mass is 16.4. The SMILES string of the molecule is CC(C)CC(C=O)N[C@@H](Cc1cncn1Cc1ccccc1-c1ccccc1)C(=O)O. The van der Waals surface area contributed by atoms with Crippen molar-refractivity contribution < 1.29 is 14.7 Å². The van der Waals surface area contributed by atoms with Gasteiger partial charge in [0.25, 0.3) is 0 Å². The molecule has 0 aliphatic rings. The van der Waals surface area contributed by atoms with Crippen molar-refractivity contribution in [2.75, 3.05) is 0 Å². The minimum absolute atomic E-state index is 0.241. The van der Waals surface area contributed by atoms with Crippen molar-refractivity contribution in [3.8, 4) is 11.1 Å². The average molecular weight is 420 g/mol. The van der Waals surface area contributed by atoms with Gasteiger partial charge >= 0.3 is 5.97 Å². The maximum atomic E-state index is 11.9. The zero-order valence-electron chi connectivity index (χ0n) is 17.9. The van der Waals surface area contributed by atoms with Crippen molar-refractivity contribution in [3.05, 3.63) is 78.4 Å². The molecule has 2 aromatic carbocycles. The van der Waals surface area contributed by atoms with Crippen LogP contribution in [0.4, 0.5) is 0 Å². The fourth-order valence-electron chi connectivity index (χ4n) is 3.76. The van der Waals surface area contributed by atoms with Crippen molar-refractivity contribution >= 4 is 12.3 Å². The van der Waals surface area contributed by atoms with Crippen LogP contribution in [0.2, 0.25) is 0 Å². The minimum atomic E-state index is -0.979. The van der Waals surface area contributed by atoms with Crippen LogP contribution >= 0.6 is 0 Å². The second-order valence-electron chi connectivity index (χ2n) is 8.17. The van der Waals surface area contributed by atoms with Gasteiger partial charge in [0.15, 0.2) is 0 Å². The molecule has 1 heterocycles. The molecule has 0 spiro atoms. The number of aromatic nitrogens is 2. The van der Waals surface area contributed by atoms with Crippen molar-refractivity contribution in [1.29, 1.82) is 0 Å². The Morgan fingerprint density at radius 1 is 1.13 bits per heavy atom. The van der Waals surface area contributed by atoms with Crippen LogP contribution in [-0.4, -0.2) is 39.0 Å². The summed E-state index contributed by atoms with van der Waals surface area (Å²) in [5, 5.41) is 12.7. The Kier molecular flexibility index (Phi) is 7.73. The largest absolute Gasteiger partial charge is 0.480 e. The maximum absolute atomic E-state index is 11.9. The zero-order valence-corrected chi connectivity index (χ0v) is 17.9. The molecule has 0 saturated heterocycles. The lowest BCUT2D eigenvalue weighted by Gasteiger charge is -2.21. The molecular weight excluding hydrogens is 390 g/mol. The molecule has 2 N–H and O–H groups in total. The van der Waals surface area contributed by atoms with Crippen LogP contribution in [0.1, 0.15) is 31.5 Å². The molecular formula is C25H29N3O3. The standard InChI is InChI=1S/C25H29N3O3/c1-18(2)12-21(16-29)27-24(25(30)31)13-22-14-26-17-28(22)15-20-10-6-7-11-23(20)19-8-4-3-5-9-19/h3-11,14,16-18,21,24,27H,12-13,15H2,1-2H3,(H,30,31)/t21?,24-/m0/s1. The van der Waals surface area contributed by atoms with E-state index in [1.807, 2.05) is 48.7 Å². The summed E-state index contributed by atoms with van der Waals surface area (Å²) in [5.74, 6) is -0.690. The molecule has 6 nitrogen and oxygen atoms in total. The van der Waals surface area contributed by atoms with E-state index in [9.17, 15) is 14.7 Å². The highest BCUT2D eigenvalue weighted by molar-refractivity contribution is 5.74. The van der Waals surface area contributed by atoms with Gasteiger partial charge in [0.05, 0.1) is 12.4 Å². The quantitative estimate of drug-likeness (QED) is 0.462. The summed E-state index contributed by atoms with van der Waals surface area (Å²) >= 11 is 0. The number of carboxylic acid groups (broad SMARTS) is 1. The fourth-order valence-corrected chi connectivity index (χ4v) is 3.76. The first-order valence-corrected chi connectivity index (χ1v) is 10.5. The predicted octanol–water partition coefficient (Wildman–Crippen LogP) is 3.80. The Balaban J connectivity index is 1.80. The third kappa shape index (κ3) is 6.12. The zero-order chi connectivity index (χ0) is 22.2. The second kappa shape index (κ2) is 10.7. The van der Waals surface area contributed by atoms with Gasteiger partial charge in [0, 0.05) is 24.9 Å². The average Bonchev–Trinajstić information content (AvgIpc) is 3.19. The van der Waals surface area contributed by atoms with Crippen LogP contribution in [0.15, 0.2) is 67.1 Å². The number of carbonyl (C=O) groups excluding carboxylic acids is 1. The van der Waals surface area contributed by atoms with Gasteiger partial charge < -0.3 is 14.5 Å². The van der Waals surface area contributed by atoms with Crippen LogP contribution in [0, 0.1) is 5.92 Å². The van der Waals surface area contributed by atoms with Crippen molar-refractivity contribution in [3.63, 3.8) is 0 Å². The van der Waals surface area contributed by atoms with Crippen molar-refractivity contribution in [1.82, 2.24) is 14.9 Å². The third-order valence-electron chi connectivity index (χ3n) is 5.26. The topological polar surface area (TPSA) is 84.2 Å². The maximum Gasteiger partial charge on any atom is 0.321 e. The predicted molar refractivity (Wildman–Crippen MR) is 121 cm³/mol. The molecule has 0 amide bonds. The fraction of sp³-hybridized carbons (Fsp3) is 0.320. The molecule has 3 aromatic rings. The van der Waals surface area contributed by atoms with E-state index >= 15 is 0 Å². The number of benzene rings is 2. The summed E-state index contributed by atoms with van der Waals surface area (Å²) in [4.78, 5) is 27.5. The molecule has 0 radical (unpaired) electrons. The van der Waals surface area contributed by atoms with Crippen LogP contribution in [-0.2, 0) is 22.6 Å². The van der Waals surface area contributed by atoms with E-state index in [1.165, 1.54) is 0 Å². The first kappa shape index (κ1) is 22.4. The molecule has 3 rings (SSSR count). The Morgan fingerprint density at radius 2 is 1.84 bits per heavy atom. The van der Waals surface area contributed by atoms with Gasteiger partial charge in [-0.05, 0) is 29.0 Å². The molecule has 0 bridgehead atoms. The molecule has 0 fully saturated rings. The highest BCUT2D eigenvalue weighted by Gasteiger charge is 2.24. The molecule has 31 heavy (non-hydrogen) atoms. The van der Waals surface area contributed by atoms with E-state index in [4.69, 9.17) is 0 Å². The number of carboxylic acids is 1. The van der Waals surface area contributed by atoms with Crippen LogP contribution in [0.5, 0.6) is 0 Å². The summed E-state index contributed by atoms with van der Waals surface area (Å²) in [6, 6.07) is 17.0. The lowest BCUT2D eigenvalue weighted by molar-refractivity contribution is -0.139. The van der Waals surface area contributed by atoms with E-state index in [0.29, 0.717) is 13.0 Å². The van der Waals surface area contributed by atoms with Crippen LogP contribution in [0.3, 0.4) is 0 Å². The number of aliphatic carboxylic acids is 1. The van der Waals surface area contributed by atoms with Gasteiger partial charge in [-0.1, -0.05) is 68.4 Å². The lowest BCUT2D eigenvalue weighted by Crippen LogP contribution is -2.46. The Labute approximate surface area is 183 Å². The molecule has 2 atom stereocenters. The van der Waals surface area contributed by atoms with Crippen LogP contribution in [0.25, 0.3) is 11.1 Å². The van der Waals surface area contributed by atoms with E-state index < -0.39 is 18.1 Å². The number of hydrogen-bond acceptors (Lipinski definition) is 4. The number of aldehydes is 1. The molecule has 0 saturated carbocycles. The van der Waals surface area contributed by atoms with E-state index in [2.05, 4.69) is 34.6 Å². The van der Waals surface area contributed by atoms with E-state index in [-0.39, 0.29) is 12.3 Å². The normalized spacial score (nSPS) is 13.1. The molecule has 1 aromatic heterocycles. The van der Waals surface area contributed by atoms with Crippen LogP contribution < -0.4 is 5.32 Å². The number of nitrogens with one attached hydrogen (secondary N) is 1. The number of rotatable bonds is 11. The first-order valence-electron chi connectivity index (χ1n) is 10.5. The van der Waals surface area contributed by atoms with E-state index in [1.54, 1.807) is 12.5 Å². The van der Waals surface area contributed by atoms with Gasteiger partial charge in [-0.3, -0.25) is 10.1 Å². The second-order valence-corrected chi connectivity index (χ2v) is 8.17. The van der Waals surface area contributed by atoms with Crippen molar-refractivity contribution in [2.45, 2.75) is 45.3 Å². The first-order chi connectivity index (χ1) is 15.0. The molecule has 6 heteroatoms. The lowest BCUT2D eigenvalue weighted by atomic mass is 9.99. The van der Waals surface area contributed by atoms with Gasteiger partial charge in [0.1, 0.15) is 12.3 Å². The Bertz CT molecular complexity index is 998. The Morgan fingerprint density at radius 3 is 2.52 bits per heavy atom. The molecule has 1 unspecified atom stereocenters. The smallest absolute Gasteiger partial charge is 0.321 e. The summed E-state index contributed by atoms with van der Waals surface area (Å²) < 4.78 is 1.97. The Hall–Kier alpha value is -3.25. The summed E-state index contributed by atoms with van der Waals surface area (Å²) in [5.41, 5.74) is 4.19. The number of imidazole rings is 1. The van der Waals surface area contributed by atoms with Crippen molar-refractivity contribution in [2.24, 2.45) is 5.92 Å². The van der Waals surface area contributed by atoms with E-state index in [0.717, 1.165) is 28.7 Å². The number of nitrogens with zero attached hydrogens (tertiary/aromatic N) is 2. The number of carbonyl (C=O) groups is 2. The van der Waals surface area contributed by atoms with Gasteiger partial charge in [-0.15, -0.1) is 0 Å². The monoisotopic (exact) mass is 419 g/mol. The van der Waals surface area contributed by atoms with Gasteiger partial charge in [0.2, 0.25) is 0 Å². The van der Waals surface area contributed by atoms with Gasteiger partial charge in [-0.25, -0.2) is 4.98 Å². The third-order valence-corrected chi connectivity index (χ3v) is 5.26. The van der Waals surface area contributed by atoms with Gasteiger partial charge in [-0.2, -0.15) is 0 Å². The molecule has 0 aliphatic heterocycles. The summed E-state index contributed by atoms with van der Waals surface area (Å²) in [6.07, 6.45) is 5.05. The summed E-state index contributed by atoms with van der Waals surface area (Å²) in [6.45, 7) is 4.59. The highest BCUT2D eigenvalue weighted by Crippen LogP contribution is 2.24.